The van der Waals surface area contributed by atoms with Crippen LogP contribution in [-0.4, -0.2) is 52.8 Å². The van der Waals surface area contributed by atoms with Crippen LogP contribution < -0.4 is 0 Å². The number of hydrogen-bond donors (Lipinski definition) is 0. The Labute approximate surface area is 207 Å². The van der Waals surface area contributed by atoms with Crippen molar-refractivity contribution in [3.8, 4) is 5.69 Å². The second-order valence-corrected chi connectivity index (χ2v) is 9.60. The smallest absolute Gasteiger partial charge is 0.0701 e. The number of aromatic nitrogens is 2. The summed E-state index contributed by atoms with van der Waals surface area (Å²) < 4.78 is 1.89. The second kappa shape index (κ2) is 11.9. The maximum atomic E-state index is 4.30. The van der Waals surface area contributed by atoms with Crippen LogP contribution in [0.15, 0.2) is 89.3 Å². The minimum atomic E-state index is 0.898. The molecule has 0 radical (unpaired) electrons. The summed E-state index contributed by atoms with van der Waals surface area (Å²) in [5.74, 6) is 0. The third kappa shape index (κ3) is 6.49. The molecule has 0 atom stereocenters. The van der Waals surface area contributed by atoms with Crippen LogP contribution in [0.2, 0.25) is 0 Å². The first kappa shape index (κ1) is 24.0. The number of hydrogen-bond acceptors (Lipinski definition) is 5. The summed E-state index contributed by atoms with van der Waals surface area (Å²) in [6.45, 7) is 6.51. The van der Waals surface area contributed by atoms with Gasteiger partial charge in [-0.05, 0) is 66.3 Å². The highest BCUT2D eigenvalue weighted by molar-refractivity contribution is 8.02. The van der Waals surface area contributed by atoms with Crippen LogP contribution >= 0.6 is 11.8 Å². The Kier molecular flexibility index (Phi) is 8.39. The van der Waals surface area contributed by atoms with E-state index in [1.807, 2.05) is 28.7 Å². The fourth-order valence-corrected chi connectivity index (χ4v) is 4.94. The molecule has 176 valence electrons. The summed E-state index contributed by atoms with van der Waals surface area (Å²) in [6.07, 6.45) is 15.0. The normalized spacial score (nSPS) is 14.4. The number of allylic oxidation sites excluding steroid dienone is 2. The van der Waals surface area contributed by atoms with Crippen LogP contribution in [0.1, 0.15) is 22.3 Å². The van der Waals surface area contributed by atoms with E-state index in [-0.39, 0.29) is 0 Å². The molecule has 2 aromatic carbocycles. The molecule has 0 unspecified atom stereocenters. The molecule has 0 bridgehead atoms. The lowest BCUT2D eigenvalue weighted by atomic mass is 9.96. The Morgan fingerprint density at radius 2 is 2.00 bits per heavy atom. The van der Waals surface area contributed by atoms with Crippen molar-refractivity contribution in [1.29, 1.82) is 0 Å². The molecule has 2 heterocycles. The zero-order valence-electron chi connectivity index (χ0n) is 20.1. The van der Waals surface area contributed by atoms with Gasteiger partial charge in [0, 0.05) is 56.3 Å². The van der Waals surface area contributed by atoms with Gasteiger partial charge in [-0.25, -0.2) is 4.68 Å². The molecule has 0 aliphatic carbocycles. The topological polar surface area (TPSA) is 36.7 Å². The first-order valence-electron chi connectivity index (χ1n) is 11.6. The van der Waals surface area contributed by atoms with Gasteiger partial charge in [0.1, 0.15) is 0 Å². The lowest BCUT2D eigenvalue weighted by Crippen LogP contribution is -2.37. The molecule has 3 aromatic rings. The minimum Gasteiger partial charge on any atom is -0.367 e. The van der Waals surface area contributed by atoms with E-state index >= 15 is 0 Å². The van der Waals surface area contributed by atoms with Gasteiger partial charge in [0.15, 0.2) is 0 Å². The van der Waals surface area contributed by atoms with Crippen LogP contribution in [-0.2, 0) is 25.8 Å². The summed E-state index contributed by atoms with van der Waals surface area (Å²) in [4.78, 5) is 10.0. The van der Waals surface area contributed by atoms with Gasteiger partial charge in [0.05, 0.1) is 12.4 Å². The van der Waals surface area contributed by atoms with Crippen LogP contribution in [0.5, 0.6) is 0 Å². The molecule has 4 rings (SSSR count). The number of nitrogens with zero attached hydrogens (tertiary/aromatic N) is 5. The molecule has 0 spiro atoms. The molecule has 0 saturated carbocycles. The van der Waals surface area contributed by atoms with Crippen molar-refractivity contribution in [3.63, 3.8) is 0 Å². The van der Waals surface area contributed by atoms with E-state index in [1.54, 1.807) is 12.4 Å². The molecular weight excluding hydrogens is 438 g/mol. The maximum Gasteiger partial charge on any atom is 0.0701 e. The highest BCUT2D eigenvalue weighted by Crippen LogP contribution is 2.23. The average Bonchev–Trinajstić information content (AvgIpc) is 3.39. The lowest BCUT2D eigenvalue weighted by molar-refractivity contribution is 0.175. The van der Waals surface area contributed by atoms with Gasteiger partial charge in [0.25, 0.3) is 0 Å². The molecule has 5 nitrogen and oxygen atoms in total. The lowest BCUT2D eigenvalue weighted by Gasteiger charge is -2.32. The highest BCUT2D eigenvalue weighted by Gasteiger charge is 2.17. The summed E-state index contributed by atoms with van der Waals surface area (Å²) in [5, 5.41) is 4.30. The van der Waals surface area contributed by atoms with Crippen LogP contribution in [0.25, 0.3) is 5.69 Å². The first-order chi connectivity index (χ1) is 16.6. The van der Waals surface area contributed by atoms with E-state index in [2.05, 4.69) is 94.7 Å². The van der Waals surface area contributed by atoms with Gasteiger partial charge in [-0.2, -0.15) is 5.10 Å². The molecule has 0 saturated heterocycles. The van der Waals surface area contributed by atoms with E-state index in [9.17, 15) is 0 Å². The maximum absolute atomic E-state index is 4.30. The van der Waals surface area contributed by atoms with Crippen molar-refractivity contribution >= 4 is 18.5 Å². The zero-order valence-corrected chi connectivity index (χ0v) is 20.9. The molecule has 0 fully saturated rings. The third-order valence-corrected chi connectivity index (χ3v) is 6.83. The molecule has 0 N–H and O–H groups in total. The van der Waals surface area contributed by atoms with Crippen molar-refractivity contribution in [1.82, 2.24) is 19.6 Å². The van der Waals surface area contributed by atoms with Crippen LogP contribution in [0.4, 0.5) is 0 Å². The second-order valence-electron chi connectivity index (χ2n) is 8.67. The van der Waals surface area contributed by atoms with E-state index in [1.165, 1.54) is 27.2 Å². The molecule has 1 aliphatic rings. The molecule has 0 amide bonds. The van der Waals surface area contributed by atoms with Crippen molar-refractivity contribution in [2.45, 2.75) is 25.8 Å². The third-order valence-electron chi connectivity index (χ3n) is 6.06. The largest absolute Gasteiger partial charge is 0.367 e. The summed E-state index contributed by atoms with van der Waals surface area (Å²) in [7, 11) is 2.18. The summed E-state index contributed by atoms with van der Waals surface area (Å²) in [6, 6.07) is 17.5. The van der Waals surface area contributed by atoms with Gasteiger partial charge in [-0.15, -0.1) is 11.8 Å². The minimum absolute atomic E-state index is 0.898. The molecule has 1 aliphatic heterocycles. The fraction of sp³-hybridized carbons (Fsp3) is 0.286. The van der Waals surface area contributed by atoms with Crippen molar-refractivity contribution in [2.24, 2.45) is 4.99 Å². The van der Waals surface area contributed by atoms with E-state index in [4.69, 9.17) is 0 Å². The quantitative estimate of drug-likeness (QED) is 0.375. The van der Waals surface area contributed by atoms with Crippen molar-refractivity contribution in [3.05, 3.63) is 107 Å². The Morgan fingerprint density at radius 1 is 1.18 bits per heavy atom. The summed E-state index contributed by atoms with van der Waals surface area (Å²) >= 11 is 1.82. The Morgan fingerprint density at radius 3 is 2.74 bits per heavy atom. The average molecular weight is 472 g/mol. The van der Waals surface area contributed by atoms with Crippen LogP contribution in [0, 0.1) is 0 Å². The molecule has 6 heteroatoms. The van der Waals surface area contributed by atoms with E-state index < -0.39 is 0 Å². The Hall–Kier alpha value is -3.09. The van der Waals surface area contributed by atoms with Gasteiger partial charge < -0.3 is 4.90 Å². The molecule has 1 aromatic heterocycles. The van der Waals surface area contributed by atoms with E-state index in [0.717, 1.165) is 44.7 Å². The van der Waals surface area contributed by atoms with Crippen LogP contribution in [0.3, 0.4) is 0 Å². The summed E-state index contributed by atoms with van der Waals surface area (Å²) in [5.41, 5.74) is 6.65. The van der Waals surface area contributed by atoms with Crippen molar-refractivity contribution in [2.75, 3.05) is 26.5 Å². The standard InChI is InChI=1S/C28H33N5S/c1-29-14-4-6-23-7-10-25-13-17-32(20-26(25)18-23)22-31(2)21-28(34-3)19-24-8-11-27(12-9-24)33-16-5-15-30-33/h4-5,7-12,14-16,18,21H,1,6,13,17,19-20,22H2,2-3H3/b14-4-,28-21-. The molecular formula is C28H33N5S. The highest BCUT2D eigenvalue weighted by atomic mass is 32.2. The Balaban J connectivity index is 1.35. The first-order valence-corrected chi connectivity index (χ1v) is 12.8. The van der Waals surface area contributed by atoms with Gasteiger partial charge in [-0.3, -0.25) is 9.89 Å². The van der Waals surface area contributed by atoms with E-state index in [0.29, 0.717) is 0 Å². The van der Waals surface area contributed by atoms with Gasteiger partial charge in [-0.1, -0.05) is 36.4 Å². The fourth-order valence-electron chi connectivity index (χ4n) is 4.34. The number of fused-ring (bicyclic) bond motifs is 1. The monoisotopic (exact) mass is 471 g/mol. The van der Waals surface area contributed by atoms with Gasteiger partial charge in [0.2, 0.25) is 0 Å². The zero-order chi connectivity index (χ0) is 23.8. The SMILES string of the molecule is C=N/C=C\Cc1ccc2c(c1)CN(CN(C)/C=C(/Cc1ccc(-n3cccn3)cc1)SC)CC2. The number of rotatable bonds is 10. The molecule has 34 heavy (non-hydrogen) atoms. The number of thioether (sulfide) groups is 1. The predicted octanol–water partition coefficient (Wildman–Crippen LogP) is 5.32. The number of benzene rings is 2. The van der Waals surface area contributed by atoms with Crippen molar-refractivity contribution < 1.29 is 0 Å². The Bertz CT molecular complexity index is 1130. The van der Waals surface area contributed by atoms with Gasteiger partial charge >= 0.3 is 0 Å². The predicted molar refractivity (Wildman–Crippen MR) is 144 cm³/mol. The number of aliphatic imine (C=N–C) groups is 1.